The summed E-state index contributed by atoms with van der Waals surface area (Å²) in [7, 11) is 0. The minimum atomic E-state index is -1.95. The Kier molecular flexibility index (Phi) is 26.7. The Morgan fingerprint density at radius 1 is 0.295 bits per heavy atom. The second-order valence-electron chi connectivity index (χ2n) is 18.9. The molecule has 0 atom stereocenters. The van der Waals surface area contributed by atoms with Gasteiger partial charge in [-0.25, -0.2) is 17.6 Å². The molecule has 0 heterocycles. The minimum absolute atomic E-state index is 0. The van der Waals surface area contributed by atoms with Crippen LogP contribution in [0, 0.1) is 23.3 Å². The summed E-state index contributed by atoms with van der Waals surface area (Å²) in [5.41, 5.74) is -5.57. The molecule has 0 radical (unpaired) electrons. The topological polar surface area (TPSA) is 359 Å². The zero-order valence-corrected chi connectivity index (χ0v) is 59.2. The van der Waals surface area contributed by atoms with Crippen LogP contribution < -0.4 is 245 Å². The average molecular weight is 1310 g/mol. The first-order chi connectivity index (χ1) is 39.9. The number of hydrogen-bond donors (Lipinski definition) is 8. The molecule has 8 bridgehead atoms. The number of carbonyl (C=O) groups is 4. The number of rotatable bonds is 16. The number of carboxylic acid groups (broad SMARTS) is 4. The van der Waals surface area contributed by atoms with Crippen LogP contribution in [0.4, 0.5) is 17.6 Å². The molecule has 8 aromatic rings. The van der Waals surface area contributed by atoms with Crippen molar-refractivity contribution in [3.8, 4) is 69.0 Å². The standard InChI is InChI=1S/C60H44F4O20.4K/c61-29-9-1-25(2-10-29)45-33-17-35(51(75)57(49(33)73)81-21-41(65)66)46(26-3-11-30(62)12-4-26)37-19-39(55(79)59(53(37)77)83-23-43(69)70)48(28-7-15-32(64)16-8-28)40-20-38(54(78)60(56(40)80)84-24-44(71)72)47(27-5-13-31(63)14-6-27)36-18-34(45)50(74)58(52(36)76)82-22-42(67)68;;;;/h1-20,45-48,73-80H,21-24H2,(H,65,66)(H,67,68)(H,69,70)(H,71,72);;;;/q;4*+1/p-4. The second kappa shape index (κ2) is 31.7. The third-order valence-corrected chi connectivity index (χ3v) is 13.8. The van der Waals surface area contributed by atoms with Crippen LogP contribution in [0.2, 0.25) is 0 Å². The zero-order chi connectivity index (χ0) is 60.6. The Balaban J connectivity index is 0.00000353. The minimum Gasteiger partial charge on any atom is -0.546 e. The van der Waals surface area contributed by atoms with Gasteiger partial charge >= 0.3 is 206 Å². The molecule has 8 aromatic carbocycles. The molecule has 0 aliphatic heterocycles. The van der Waals surface area contributed by atoms with Gasteiger partial charge in [-0.15, -0.1) is 0 Å². The number of hydrogen-bond acceptors (Lipinski definition) is 20. The SMILES string of the molecule is O=C([O-])COc1c(O)c2cc(c1O)C(c1ccc(F)cc1)c1cc(c(O)c(OCC(=O)[O-])c1O)C(c1ccc(F)cc1)c1cc(c(O)c(OCC(=O)[O-])c1O)C(c1ccc(F)cc1)c1cc(c(O)c(OCC(=O)[O-])c1O)C2c1ccc(F)cc1.[K+].[K+].[K+].[K+]. The van der Waals surface area contributed by atoms with E-state index in [2.05, 4.69) is 0 Å². The maximum Gasteiger partial charge on any atom is 1.00 e. The van der Waals surface area contributed by atoms with Gasteiger partial charge in [0.2, 0.25) is 23.0 Å². The Bertz CT molecular complexity index is 3310. The van der Waals surface area contributed by atoms with Crippen molar-refractivity contribution in [2.45, 2.75) is 23.7 Å². The molecule has 0 fully saturated rings. The van der Waals surface area contributed by atoms with E-state index in [-0.39, 0.29) is 228 Å². The van der Waals surface area contributed by atoms with Crippen LogP contribution in [0.1, 0.15) is 90.4 Å². The van der Waals surface area contributed by atoms with Crippen LogP contribution in [0.15, 0.2) is 121 Å². The van der Waals surface area contributed by atoms with Crippen molar-refractivity contribution in [1.29, 1.82) is 0 Å². The van der Waals surface area contributed by atoms with Gasteiger partial charge in [-0.3, -0.25) is 0 Å². The van der Waals surface area contributed by atoms with Crippen molar-refractivity contribution in [3.63, 3.8) is 0 Å². The fraction of sp³-hybridized carbons (Fsp3) is 0.133. The smallest absolute Gasteiger partial charge is 0.546 e. The first-order valence-corrected chi connectivity index (χ1v) is 24.6. The van der Waals surface area contributed by atoms with Crippen molar-refractivity contribution in [3.05, 3.63) is 211 Å². The van der Waals surface area contributed by atoms with Crippen molar-refractivity contribution in [2.75, 3.05) is 26.4 Å². The van der Waals surface area contributed by atoms with Gasteiger partial charge in [-0.1, -0.05) is 48.5 Å². The second-order valence-corrected chi connectivity index (χ2v) is 18.9. The Morgan fingerprint density at radius 3 is 0.557 bits per heavy atom. The number of aliphatic carboxylic acids is 4. The first-order valence-electron chi connectivity index (χ1n) is 24.6. The third kappa shape index (κ3) is 15.7. The molecular weight excluding hydrogens is 1270 g/mol. The Hall–Kier alpha value is -4.49. The fourth-order valence-electron chi connectivity index (χ4n) is 10.3. The predicted octanol–water partition coefficient (Wildman–Crippen LogP) is -8.55. The van der Waals surface area contributed by atoms with Gasteiger partial charge in [-0.05, 0) is 95.1 Å². The summed E-state index contributed by atoms with van der Waals surface area (Å²) in [5.74, 6) is -33.0. The number of ether oxygens (including phenoxy) is 4. The maximum absolute atomic E-state index is 15.1. The Labute approximate surface area is 665 Å². The van der Waals surface area contributed by atoms with Gasteiger partial charge in [0.25, 0.3) is 0 Å². The number of phenolic OH excluding ortho intramolecular Hbond substituents is 8. The molecule has 0 spiro atoms. The summed E-state index contributed by atoms with van der Waals surface area (Å²) in [6.45, 7) is -5.79. The van der Waals surface area contributed by atoms with E-state index < -0.39 is 211 Å². The number of aromatic hydroxyl groups is 8. The number of benzene rings is 8. The molecule has 0 saturated heterocycles. The molecule has 8 N–H and O–H groups in total. The number of halogens is 4. The summed E-state index contributed by atoms with van der Waals surface area (Å²) in [6, 6.07) is 19.6. The monoisotopic (exact) mass is 1310 g/mol. The molecule has 9 rings (SSSR count). The van der Waals surface area contributed by atoms with E-state index in [4.69, 9.17) is 18.9 Å². The molecule has 0 amide bonds. The van der Waals surface area contributed by atoms with Gasteiger partial charge in [0, 0.05) is 68.2 Å². The van der Waals surface area contributed by atoms with Crippen molar-refractivity contribution >= 4 is 23.9 Å². The first kappa shape index (κ1) is 74.2. The largest absolute Gasteiger partial charge is 1.00 e. The predicted molar refractivity (Wildman–Crippen MR) is 270 cm³/mol. The van der Waals surface area contributed by atoms with Crippen LogP contribution in [-0.2, 0) is 19.2 Å². The van der Waals surface area contributed by atoms with Gasteiger partial charge in [0.15, 0.2) is 46.0 Å². The van der Waals surface area contributed by atoms with Gasteiger partial charge in [-0.2, -0.15) is 0 Å². The maximum atomic E-state index is 15.1. The van der Waals surface area contributed by atoms with E-state index in [1.807, 2.05) is 0 Å². The van der Waals surface area contributed by atoms with E-state index in [1.165, 1.54) is 0 Å². The normalized spacial score (nSPS) is 14.7. The van der Waals surface area contributed by atoms with Crippen LogP contribution in [0.5, 0.6) is 69.0 Å². The number of carbonyl (C=O) groups excluding carboxylic acids is 4. The fourth-order valence-corrected chi connectivity index (χ4v) is 10.3. The Morgan fingerprint density at radius 2 is 0.432 bits per heavy atom. The molecule has 28 heteroatoms. The van der Waals surface area contributed by atoms with Crippen LogP contribution in [0.25, 0.3) is 0 Å². The molecule has 0 aromatic heterocycles. The van der Waals surface area contributed by atoms with Gasteiger partial charge in [0.05, 0.1) is 23.9 Å². The van der Waals surface area contributed by atoms with E-state index in [9.17, 15) is 80.5 Å². The summed E-state index contributed by atoms with van der Waals surface area (Å²) < 4.78 is 82.3. The third-order valence-electron chi connectivity index (χ3n) is 13.8. The van der Waals surface area contributed by atoms with Crippen LogP contribution in [-0.4, -0.2) is 91.2 Å². The number of carboxylic acids is 4. The number of phenols is 8. The van der Waals surface area contributed by atoms with Crippen molar-refractivity contribution in [2.24, 2.45) is 0 Å². The molecule has 1 aliphatic carbocycles. The summed E-state index contributed by atoms with van der Waals surface area (Å²) in [4.78, 5) is 48.5. The van der Waals surface area contributed by atoms with E-state index in [0.717, 1.165) is 121 Å². The molecule has 1 aliphatic rings. The van der Waals surface area contributed by atoms with Crippen LogP contribution in [0.3, 0.4) is 0 Å². The van der Waals surface area contributed by atoms with E-state index in [0.29, 0.717) is 0 Å². The van der Waals surface area contributed by atoms with Gasteiger partial charge in [0.1, 0.15) is 49.7 Å². The molecule has 88 heavy (non-hydrogen) atoms. The number of fused-ring (bicyclic) bond motifs is 8. The van der Waals surface area contributed by atoms with Crippen molar-refractivity contribution in [1.82, 2.24) is 0 Å². The van der Waals surface area contributed by atoms with Gasteiger partial charge < -0.3 is 99.4 Å². The summed E-state index contributed by atoms with van der Waals surface area (Å²) >= 11 is 0. The summed E-state index contributed by atoms with van der Waals surface area (Å²) in [5, 5.41) is 149. The zero-order valence-electron chi connectivity index (χ0n) is 46.7. The van der Waals surface area contributed by atoms with E-state index >= 15 is 17.6 Å². The van der Waals surface area contributed by atoms with Crippen LogP contribution >= 0.6 is 0 Å². The summed E-state index contributed by atoms with van der Waals surface area (Å²) in [6.07, 6.45) is 0. The molecule has 0 unspecified atom stereocenters. The molecule has 20 nitrogen and oxygen atoms in total. The average Bonchev–Trinajstić information content (AvgIpc) is 0.960. The molecule has 0 saturated carbocycles. The van der Waals surface area contributed by atoms with Crippen molar-refractivity contribution < 1.29 is 323 Å². The molecular formula is C60H40F4K4O20. The quantitative estimate of drug-likeness (QED) is 0.0329. The molecule has 432 valence electrons. The van der Waals surface area contributed by atoms with E-state index in [1.54, 1.807) is 0 Å².